The molecule has 0 aromatic heterocycles. The minimum atomic E-state index is -1.17. The van der Waals surface area contributed by atoms with E-state index in [1.807, 2.05) is 0 Å². The van der Waals surface area contributed by atoms with Gasteiger partial charge in [-0.25, -0.2) is 9.59 Å². The number of rotatable bonds is 5. The topological polar surface area (TPSA) is 84.9 Å². The van der Waals surface area contributed by atoms with E-state index in [1.165, 1.54) is 25.3 Å². The molecule has 0 unspecified atom stereocenters. The molecule has 1 amide bonds. The first-order chi connectivity index (χ1) is 9.01. The van der Waals surface area contributed by atoms with E-state index in [1.54, 1.807) is 0 Å². The quantitative estimate of drug-likeness (QED) is 0.811. The van der Waals surface area contributed by atoms with Crippen molar-refractivity contribution in [3.63, 3.8) is 0 Å². The molecule has 0 bridgehead atoms. The van der Waals surface area contributed by atoms with Gasteiger partial charge in [0.1, 0.15) is 17.9 Å². The lowest BCUT2D eigenvalue weighted by atomic mass is 10.2. The van der Waals surface area contributed by atoms with Crippen LogP contribution in [0.3, 0.4) is 0 Å². The highest BCUT2D eigenvalue weighted by Crippen LogP contribution is 2.33. The van der Waals surface area contributed by atoms with Gasteiger partial charge >= 0.3 is 12.1 Å². The second-order valence-electron chi connectivity index (χ2n) is 3.32. The zero-order valence-corrected chi connectivity index (χ0v) is 11.7. The second-order valence-corrected chi connectivity index (χ2v) is 4.11. The molecule has 0 heterocycles. The number of hydrogen-bond acceptors (Lipinski definition) is 4. The Morgan fingerprint density at radius 3 is 2.74 bits per heavy atom. The number of carbonyl (C=O) groups is 2. The molecule has 1 rings (SSSR count). The Kier molecular flexibility index (Phi) is 5.37. The third-order valence-corrected chi connectivity index (χ3v) is 2.93. The van der Waals surface area contributed by atoms with E-state index >= 15 is 0 Å². The normalized spacial score (nSPS) is 9.58. The molecule has 0 aliphatic heterocycles. The monoisotopic (exact) mass is 329 g/mol. The minimum absolute atomic E-state index is 0.0609. The number of nitrogens with one attached hydrogen (secondary N) is 1. The Balaban J connectivity index is 3.03. The van der Waals surface area contributed by atoms with Crippen molar-refractivity contribution in [2.45, 2.75) is 0 Å². The predicted octanol–water partition coefficient (Wildman–Crippen LogP) is 2.89. The molecule has 6 nitrogen and oxygen atoms in total. The number of halogens is 1. The van der Waals surface area contributed by atoms with E-state index in [9.17, 15) is 9.59 Å². The molecule has 0 saturated heterocycles. The molecule has 0 radical (unpaired) electrons. The zero-order chi connectivity index (χ0) is 14.4. The SMILES string of the molecule is C=CCOC(=O)Nc1ccc(OC)c(C(=O)O)c1Br. The molecule has 2 N–H and O–H groups in total. The Morgan fingerprint density at radius 1 is 1.53 bits per heavy atom. The third kappa shape index (κ3) is 3.72. The van der Waals surface area contributed by atoms with Gasteiger partial charge in [0.2, 0.25) is 0 Å². The summed E-state index contributed by atoms with van der Waals surface area (Å²) in [6, 6.07) is 2.95. The predicted molar refractivity (Wildman–Crippen MR) is 72.8 cm³/mol. The van der Waals surface area contributed by atoms with Crippen LogP contribution in [0.15, 0.2) is 29.3 Å². The van der Waals surface area contributed by atoms with Crippen molar-refractivity contribution in [1.29, 1.82) is 0 Å². The van der Waals surface area contributed by atoms with Gasteiger partial charge in [-0.05, 0) is 28.1 Å². The summed E-state index contributed by atoms with van der Waals surface area (Å²) in [6.07, 6.45) is 0.716. The number of aromatic carboxylic acids is 1. The number of hydrogen-bond donors (Lipinski definition) is 2. The third-order valence-electron chi connectivity index (χ3n) is 2.11. The summed E-state index contributed by atoms with van der Waals surface area (Å²) in [5.41, 5.74) is 0.191. The Hall–Kier alpha value is -2.02. The van der Waals surface area contributed by atoms with E-state index in [0.29, 0.717) is 0 Å². The van der Waals surface area contributed by atoms with Crippen molar-refractivity contribution in [2.75, 3.05) is 19.0 Å². The van der Waals surface area contributed by atoms with Crippen LogP contribution < -0.4 is 10.1 Å². The number of carbonyl (C=O) groups excluding carboxylic acids is 1. The van der Waals surface area contributed by atoms with Crippen LogP contribution in [0.5, 0.6) is 5.75 Å². The summed E-state index contributed by atoms with van der Waals surface area (Å²) in [6.45, 7) is 3.47. The molecule has 0 aliphatic rings. The van der Waals surface area contributed by atoms with E-state index in [4.69, 9.17) is 14.6 Å². The van der Waals surface area contributed by atoms with E-state index in [2.05, 4.69) is 27.8 Å². The number of anilines is 1. The summed E-state index contributed by atoms with van der Waals surface area (Å²) < 4.78 is 9.89. The smallest absolute Gasteiger partial charge is 0.411 e. The molecule has 1 aromatic rings. The average Bonchev–Trinajstić information content (AvgIpc) is 2.37. The van der Waals surface area contributed by atoms with Crippen LogP contribution in [0.4, 0.5) is 10.5 Å². The first-order valence-electron chi connectivity index (χ1n) is 5.15. The van der Waals surface area contributed by atoms with Gasteiger partial charge in [0.25, 0.3) is 0 Å². The van der Waals surface area contributed by atoms with Crippen molar-refractivity contribution >= 4 is 33.7 Å². The molecular weight excluding hydrogens is 318 g/mol. The summed E-state index contributed by atoms with van der Waals surface area (Å²) in [5.74, 6) is -0.990. The van der Waals surface area contributed by atoms with Gasteiger partial charge in [-0.2, -0.15) is 0 Å². The van der Waals surface area contributed by atoms with E-state index < -0.39 is 12.1 Å². The van der Waals surface area contributed by atoms with Crippen LogP contribution in [0.25, 0.3) is 0 Å². The van der Waals surface area contributed by atoms with E-state index in [0.717, 1.165) is 0 Å². The lowest BCUT2D eigenvalue weighted by molar-refractivity contribution is 0.0692. The molecule has 7 heteroatoms. The maximum absolute atomic E-state index is 11.4. The fourth-order valence-electron chi connectivity index (χ4n) is 1.30. The Bertz CT molecular complexity index is 515. The Labute approximate surface area is 118 Å². The number of methoxy groups -OCH3 is 1. The van der Waals surface area contributed by atoms with Crippen molar-refractivity contribution in [3.05, 3.63) is 34.8 Å². The van der Waals surface area contributed by atoms with Crippen LogP contribution in [0.1, 0.15) is 10.4 Å². The van der Waals surface area contributed by atoms with Crippen LogP contribution in [-0.2, 0) is 4.74 Å². The molecule has 0 spiro atoms. The molecule has 1 aromatic carbocycles. The maximum Gasteiger partial charge on any atom is 0.411 e. The van der Waals surface area contributed by atoms with Crippen LogP contribution >= 0.6 is 15.9 Å². The second kappa shape index (κ2) is 6.79. The fraction of sp³-hybridized carbons (Fsp3) is 0.167. The Morgan fingerprint density at radius 2 is 2.21 bits per heavy atom. The van der Waals surface area contributed by atoms with Gasteiger partial charge in [0.15, 0.2) is 0 Å². The number of carboxylic acid groups (broad SMARTS) is 1. The fourth-order valence-corrected chi connectivity index (χ4v) is 1.90. The van der Waals surface area contributed by atoms with Crippen LogP contribution in [-0.4, -0.2) is 30.9 Å². The summed E-state index contributed by atoms with van der Waals surface area (Å²) in [5, 5.41) is 11.5. The van der Waals surface area contributed by atoms with Gasteiger partial charge in [0.05, 0.1) is 17.3 Å². The summed E-state index contributed by atoms with van der Waals surface area (Å²) in [7, 11) is 1.36. The highest BCUT2D eigenvalue weighted by Gasteiger charge is 2.19. The molecule has 0 atom stereocenters. The van der Waals surface area contributed by atoms with Gasteiger partial charge in [-0.3, -0.25) is 5.32 Å². The van der Waals surface area contributed by atoms with Crippen molar-refractivity contribution < 1.29 is 24.2 Å². The summed E-state index contributed by atoms with van der Waals surface area (Å²) >= 11 is 3.12. The van der Waals surface area contributed by atoms with Crippen LogP contribution in [0, 0.1) is 0 Å². The van der Waals surface area contributed by atoms with Gasteiger partial charge in [-0.15, -0.1) is 0 Å². The number of carboxylic acids is 1. The van der Waals surface area contributed by atoms with Crippen molar-refractivity contribution in [1.82, 2.24) is 0 Å². The molecule has 0 saturated carbocycles. The lowest BCUT2D eigenvalue weighted by Gasteiger charge is -2.12. The first-order valence-corrected chi connectivity index (χ1v) is 5.95. The highest BCUT2D eigenvalue weighted by atomic mass is 79.9. The highest BCUT2D eigenvalue weighted by molar-refractivity contribution is 9.10. The van der Waals surface area contributed by atoms with Crippen molar-refractivity contribution in [3.8, 4) is 5.75 Å². The molecule has 0 fully saturated rings. The van der Waals surface area contributed by atoms with Crippen molar-refractivity contribution in [2.24, 2.45) is 0 Å². The minimum Gasteiger partial charge on any atom is -0.496 e. The number of ether oxygens (including phenoxy) is 2. The average molecular weight is 330 g/mol. The van der Waals surface area contributed by atoms with Crippen LogP contribution in [0.2, 0.25) is 0 Å². The molecule has 0 aliphatic carbocycles. The van der Waals surface area contributed by atoms with Gasteiger partial charge in [-0.1, -0.05) is 12.7 Å². The molecular formula is C12H12BrNO5. The van der Waals surface area contributed by atoms with Gasteiger partial charge < -0.3 is 14.6 Å². The maximum atomic E-state index is 11.4. The van der Waals surface area contributed by atoms with Gasteiger partial charge in [0, 0.05) is 0 Å². The largest absolute Gasteiger partial charge is 0.496 e. The first kappa shape index (κ1) is 15.0. The summed E-state index contributed by atoms with van der Waals surface area (Å²) in [4.78, 5) is 22.5. The molecule has 19 heavy (non-hydrogen) atoms. The van der Waals surface area contributed by atoms with E-state index in [-0.39, 0.29) is 28.1 Å². The standard InChI is InChI=1S/C12H12BrNO5/c1-3-6-19-12(17)14-7-4-5-8(18-2)9(10(7)13)11(15)16/h3-5H,1,6H2,2H3,(H,14,17)(H,15,16). The lowest BCUT2D eigenvalue weighted by Crippen LogP contribution is -2.15. The number of benzene rings is 1. The molecule has 102 valence electrons. The number of amides is 1. The zero-order valence-electron chi connectivity index (χ0n) is 10.1.